The number of methoxy groups -OCH3 is 1. The average molecular weight is 251 g/mol. The van der Waals surface area contributed by atoms with E-state index in [-0.39, 0.29) is 24.4 Å². The topological polar surface area (TPSA) is 61.7 Å². The Morgan fingerprint density at radius 2 is 2.22 bits per heavy atom. The number of aryl methyl sites for hydroxylation is 1. The summed E-state index contributed by atoms with van der Waals surface area (Å²) in [5.41, 5.74) is 2.96. The molecule has 0 bridgehead atoms. The number of nitrogens with one attached hydrogen (secondary N) is 1. The van der Waals surface area contributed by atoms with Crippen LogP contribution in [-0.2, 0) is 6.42 Å². The standard InChI is InChI=1S/C14H21NO3/c1-4-11-12-9(6-10(7-16)15-11)5-8(2)14(18-3)13(12)17/h5,10-11,15-17H,4,6-7H2,1-3H3/t10-,11-/m0/s1. The molecule has 1 aromatic rings. The second kappa shape index (κ2) is 5.16. The van der Waals surface area contributed by atoms with Crippen molar-refractivity contribution in [3.8, 4) is 11.5 Å². The molecule has 2 rings (SSSR count). The number of aliphatic hydroxyl groups excluding tert-OH is 1. The number of fused-ring (bicyclic) bond motifs is 1. The summed E-state index contributed by atoms with van der Waals surface area (Å²) in [6.45, 7) is 4.10. The quantitative estimate of drug-likeness (QED) is 0.764. The first-order chi connectivity index (χ1) is 8.62. The molecule has 1 aliphatic rings. The van der Waals surface area contributed by atoms with Crippen molar-refractivity contribution in [2.45, 2.75) is 38.8 Å². The summed E-state index contributed by atoms with van der Waals surface area (Å²) in [5.74, 6) is 0.791. The summed E-state index contributed by atoms with van der Waals surface area (Å²) in [6.07, 6.45) is 1.60. The number of aromatic hydroxyl groups is 1. The number of phenols is 1. The van der Waals surface area contributed by atoms with Crippen LogP contribution in [0.4, 0.5) is 0 Å². The SMILES string of the molecule is CC[C@@H]1N[C@H](CO)Cc2cc(C)c(OC)c(O)c21. The molecular formula is C14H21NO3. The second-order valence-corrected chi connectivity index (χ2v) is 4.86. The van der Waals surface area contributed by atoms with Crippen LogP contribution in [0.3, 0.4) is 0 Å². The number of rotatable bonds is 3. The largest absolute Gasteiger partial charge is 0.504 e. The molecule has 0 spiro atoms. The maximum Gasteiger partial charge on any atom is 0.163 e. The van der Waals surface area contributed by atoms with Crippen molar-refractivity contribution in [2.24, 2.45) is 0 Å². The molecule has 4 heteroatoms. The Morgan fingerprint density at radius 3 is 2.78 bits per heavy atom. The van der Waals surface area contributed by atoms with Crippen LogP contribution in [0.25, 0.3) is 0 Å². The Balaban J connectivity index is 2.54. The minimum absolute atomic E-state index is 0.0645. The van der Waals surface area contributed by atoms with Crippen LogP contribution in [0.1, 0.15) is 36.1 Å². The molecule has 0 aromatic heterocycles. The molecule has 1 aliphatic heterocycles. The Bertz CT molecular complexity index is 445. The number of ether oxygens (including phenoxy) is 1. The van der Waals surface area contributed by atoms with E-state index in [2.05, 4.69) is 18.3 Å². The summed E-state index contributed by atoms with van der Waals surface area (Å²) in [4.78, 5) is 0. The Labute approximate surface area is 108 Å². The third kappa shape index (κ3) is 2.06. The Kier molecular flexibility index (Phi) is 3.78. The number of benzene rings is 1. The van der Waals surface area contributed by atoms with Crippen molar-refractivity contribution in [2.75, 3.05) is 13.7 Å². The monoisotopic (exact) mass is 251 g/mol. The van der Waals surface area contributed by atoms with Crippen molar-refractivity contribution in [3.63, 3.8) is 0 Å². The van der Waals surface area contributed by atoms with Gasteiger partial charge in [0.2, 0.25) is 0 Å². The van der Waals surface area contributed by atoms with E-state index < -0.39 is 0 Å². The van der Waals surface area contributed by atoms with E-state index in [4.69, 9.17) is 4.74 Å². The minimum Gasteiger partial charge on any atom is -0.504 e. The Hall–Kier alpha value is -1.26. The highest BCUT2D eigenvalue weighted by Crippen LogP contribution is 2.42. The first kappa shape index (κ1) is 13.2. The highest BCUT2D eigenvalue weighted by molar-refractivity contribution is 5.56. The summed E-state index contributed by atoms with van der Waals surface area (Å²) in [5, 5.41) is 23.0. The number of aliphatic hydroxyl groups is 1. The predicted molar refractivity (Wildman–Crippen MR) is 70.1 cm³/mol. The molecule has 1 aromatic carbocycles. The number of hydrogen-bond acceptors (Lipinski definition) is 4. The smallest absolute Gasteiger partial charge is 0.163 e. The van der Waals surface area contributed by atoms with Gasteiger partial charge in [0.05, 0.1) is 13.7 Å². The van der Waals surface area contributed by atoms with Gasteiger partial charge in [0.25, 0.3) is 0 Å². The van der Waals surface area contributed by atoms with Crippen molar-refractivity contribution < 1.29 is 14.9 Å². The van der Waals surface area contributed by atoms with Gasteiger partial charge in [-0.25, -0.2) is 0 Å². The molecule has 4 nitrogen and oxygen atoms in total. The first-order valence-corrected chi connectivity index (χ1v) is 6.38. The van der Waals surface area contributed by atoms with Gasteiger partial charge < -0.3 is 20.3 Å². The van der Waals surface area contributed by atoms with Gasteiger partial charge in [-0.3, -0.25) is 0 Å². The lowest BCUT2D eigenvalue weighted by Gasteiger charge is -2.33. The highest BCUT2D eigenvalue weighted by Gasteiger charge is 2.29. The molecule has 1 heterocycles. The zero-order valence-corrected chi connectivity index (χ0v) is 11.2. The minimum atomic E-state index is 0.0645. The normalized spacial score (nSPS) is 22.7. The van der Waals surface area contributed by atoms with Crippen LogP contribution in [0.15, 0.2) is 6.07 Å². The molecule has 0 unspecified atom stereocenters. The summed E-state index contributed by atoms with van der Waals surface area (Å²) in [7, 11) is 1.57. The van der Waals surface area contributed by atoms with Gasteiger partial charge in [-0.05, 0) is 30.9 Å². The van der Waals surface area contributed by atoms with Crippen LogP contribution < -0.4 is 10.1 Å². The van der Waals surface area contributed by atoms with Crippen molar-refractivity contribution in [1.29, 1.82) is 0 Å². The second-order valence-electron chi connectivity index (χ2n) is 4.86. The van der Waals surface area contributed by atoms with E-state index in [1.165, 1.54) is 0 Å². The molecule has 3 N–H and O–H groups in total. The van der Waals surface area contributed by atoms with E-state index in [1.54, 1.807) is 7.11 Å². The van der Waals surface area contributed by atoms with E-state index in [1.807, 2.05) is 6.92 Å². The lowest BCUT2D eigenvalue weighted by atomic mass is 9.87. The van der Waals surface area contributed by atoms with Gasteiger partial charge in [0.1, 0.15) is 0 Å². The zero-order chi connectivity index (χ0) is 13.3. The third-order valence-electron chi connectivity index (χ3n) is 3.65. The van der Waals surface area contributed by atoms with E-state index in [0.717, 1.165) is 29.5 Å². The first-order valence-electron chi connectivity index (χ1n) is 6.38. The van der Waals surface area contributed by atoms with Gasteiger partial charge in [0.15, 0.2) is 11.5 Å². The molecule has 0 fully saturated rings. The van der Waals surface area contributed by atoms with E-state index in [0.29, 0.717) is 5.75 Å². The average Bonchev–Trinajstić information content (AvgIpc) is 2.37. The van der Waals surface area contributed by atoms with Crippen molar-refractivity contribution in [3.05, 3.63) is 22.8 Å². The maximum absolute atomic E-state index is 10.3. The lowest BCUT2D eigenvalue weighted by Crippen LogP contribution is -2.41. The maximum atomic E-state index is 10.3. The van der Waals surface area contributed by atoms with Crippen LogP contribution in [0.2, 0.25) is 0 Å². The van der Waals surface area contributed by atoms with Crippen molar-refractivity contribution in [1.82, 2.24) is 5.32 Å². The molecule has 18 heavy (non-hydrogen) atoms. The lowest BCUT2D eigenvalue weighted by molar-refractivity contribution is 0.219. The fourth-order valence-electron chi connectivity index (χ4n) is 2.81. The zero-order valence-electron chi connectivity index (χ0n) is 11.2. The predicted octanol–water partition coefficient (Wildman–Crippen LogP) is 1.67. The summed E-state index contributed by atoms with van der Waals surface area (Å²) in [6, 6.07) is 2.19. The van der Waals surface area contributed by atoms with Crippen LogP contribution >= 0.6 is 0 Å². The Morgan fingerprint density at radius 1 is 1.50 bits per heavy atom. The molecular weight excluding hydrogens is 230 g/mol. The van der Waals surface area contributed by atoms with Crippen LogP contribution in [0, 0.1) is 6.92 Å². The molecule has 0 saturated heterocycles. The summed E-state index contributed by atoms with van der Waals surface area (Å²) >= 11 is 0. The fourth-order valence-corrected chi connectivity index (χ4v) is 2.81. The van der Waals surface area contributed by atoms with Gasteiger partial charge in [-0.2, -0.15) is 0 Å². The fraction of sp³-hybridized carbons (Fsp3) is 0.571. The third-order valence-corrected chi connectivity index (χ3v) is 3.65. The summed E-state index contributed by atoms with van der Waals surface area (Å²) < 4.78 is 5.26. The van der Waals surface area contributed by atoms with Gasteiger partial charge >= 0.3 is 0 Å². The van der Waals surface area contributed by atoms with Crippen LogP contribution in [0.5, 0.6) is 11.5 Å². The molecule has 0 saturated carbocycles. The molecule has 2 atom stereocenters. The number of hydrogen-bond donors (Lipinski definition) is 3. The van der Waals surface area contributed by atoms with E-state index in [9.17, 15) is 10.2 Å². The molecule has 0 aliphatic carbocycles. The van der Waals surface area contributed by atoms with Gasteiger partial charge in [-0.1, -0.05) is 13.0 Å². The van der Waals surface area contributed by atoms with Crippen LogP contribution in [-0.4, -0.2) is 30.0 Å². The molecule has 100 valence electrons. The van der Waals surface area contributed by atoms with Crippen molar-refractivity contribution >= 4 is 0 Å². The van der Waals surface area contributed by atoms with Gasteiger partial charge in [0, 0.05) is 17.6 Å². The molecule has 0 amide bonds. The van der Waals surface area contributed by atoms with Gasteiger partial charge in [-0.15, -0.1) is 0 Å². The molecule has 0 radical (unpaired) electrons. The highest BCUT2D eigenvalue weighted by atomic mass is 16.5. The van der Waals surface area contributed by atoms with E-state index >= 15 is 0 Å². The number of phenolic OH excluding ortho intramolecular Hbond substituents is 1.